The zero-order valence-corrected chi connectivity index (χ0v) is 14.7. The molecule has 3 N–H and O–H groups in total. The van der Waals surface area contributed by atoms with Gasteiger partial charge >= 0.3 is 6.18 Å². The van der Waals surface area contributed by atoms with Crippen LogP contribution in [0.5, 0.6) is 0 Å². The molecule has 2 aromatic rings. The van der Waals surface area contributed by atoms with Gasteiger partial charge in [-0.1, -0.05) is 41.4 Å². The van der Waals surface area contributed by atoms with E-state index in [-0.39, 0.29) is 18.3 Å². The van der Waals surface area contributed by atoms with Gasteiger partial charge in [0.05, 0.1) is 16.3 Å². The van der Waals surface area contributed by atoms with E-state index in [0.29, 0.717) is 10.0 Å². The van der Waals surface area contributed by atoms with Crippen LogP contribution in [0.4, 0.5) is 18.9 Å². The zero-order chi connectivity index (χ0) is 18.6. The first-order valence-electron chi connectivity index (χ1n) is 7.43. The molecule has 0 unspecified atom stereocenters. The molecule has 2 rings (SSSR count). The van der Waals surface area contributed by atoms with Crippen molar-refractivity contribution in [2.75, 3.05) is 11.9 Å². The number of alkyl halides is 3. The molecule has 0 saturated heterocycles. The van der Waals surface area contributed by atoms with Crippen molar-refractivity contribution in [3.63, 3.8) is 0 Å². The number of benzene rings is 2. The quantitative estimate of drug-likeness (QED) is 0.784. The van der Waals surface area contributed by atoms with Gasteiger partial charge in [0.25, 0.3) is 5.91 Å². The Labute approximate surface area is 153 Å². The Hall–Kier alpha value is -1.76. The fourth-order valence-corrected chi connectivity index (χ4v) is 2.90. The Morgan fingerprint density at radius 3 is 2.52 bits per heavy atom. The maximum atomic E-state index is 12.9. The smallest absolute Gasteiger partial charge is 0.332 e. The normalized spacial score (nSPS) is 12.7. The lowest BCUT2D eigenvalue weighted by Crippen LogP contribution is -2.86. The van der Waals surface area contributed by atoms with Crippen molar-refractivity contribution in [3.05, 3.63) is 63.6 Å². The molecular formula is C17H16Cl2F3N2O+. The van der Waals surface area contributed by atoms with Crippen LogP contribution >= 0.6 is 23.2 Å². The minimum Gasteiger partial charge on any atom is -0.332 e. The van der Waals surface area contributed by atoms with Crippen LogP contribution in [0, 0.1) is 0 Å². The van der Waals surface area contributed by atoms with Crippen LogP contribution in [-0.2, 0) is 11.0 Å². The number of quaternary nitrogens is 1. The number of nitrogens with one attached hydrogen (secondary N) is 1. The van der Waals surface area contributed by atoms with Crippen LogP contribution in [0.2, 0.25) is 10.0 Å². The second-order valence-electron chi connectivity index (χ2n) is 5.49. The predicted molar refractivity (Wildman–Crippen MR) is 91.7 cm³/mol. The van der Waals surface area contributed by atoms with E-state index in [1.54, 1.807) is 23.5 Å². The first-order valence-corrected chi connectivity index (χ1v) is 8.18. The maximum absolute atomic E-state index is 12.9. The number of halogens is 5. The predicted octanol–water partition coefficient (Wildman–Crippen LogP) is 4.28. The third kappa shape index (κ3) is 5.36. The molecule has 2 aromatic carbocycles. The van der Waals surface area contributed by atoms with E-state index in [0.717, 1.165) is 11.6 Å². The van der Waals surface area contributed by atoms with Crippen molar-refractivity contribution in [1.29, 1.82) is 0 Å². The van der Waals surface area contributed by atoms with E-state index in [1.165, 1.54) is 18.2 Å². The summed E-state index contributed by atoms with van der Waals surface area (Å²) in [6.45, 7) is 1.79. The molecule has 25 heavy (non-hydrogen) atoms. The van der Waals surface area contributed by atoms with Gasteiger partial charge in [-0.15, -0.1) is 0 Å². The van der Waals surface area contributed by atoms with Crippen LogP contribution < -0.4 is 10.6 Å². The summed E-state index contributed by atoms with van der Waals surface area (Å²) < 4.78 is 38.8. The number of amides is 1. The summed E-state index contributed by atoms with van der Waals surface area (Å²) in [5.41, 5.74) is -0.350. The van der Waals surface area contributed by atoms with E-state index in [2.05, 4.69) is 5.32 Å². The highest BCUT2D eigenvalue weighted by atomic mass is 35.5. The summed E-state index contributed by atoms with van der Waals surface area (Å²) in [6.07, 6.45) is -4.53. The molecule has 0 saturated carbocycles. The Balaban J connectivity index is 2.00. The fourth-order valence-electron chi connectivity index (χ4n) is 2.32. The van der Waals surface area contributed by atoms with Crippen LogP contribution in [-0.4, -0.2) is 12.5 Å². The minimum absolute atomic E-state index is 0.0493. The first kappa shape index (κ1) is 19.6. The van der Waals surface area contributed by atoms with Gasteiger partial charge in [0.2, 0.25) is 0 Å². The molecular weight excluding hydrogens is 376 g/mol. The van der Waals surface area contributed by atoms with Gasteiger partial charge in [-0.2, -0.15) is 13.2 Å². The Bertz CT molecular complexity index is 766. The Morgan fingerprint density at radius 2 is 1.88 bits per heavy atom. The average molecular weight is 392 g/mol. The molecule has 0 radical (unpaired) electrons. The van der Waals surface area contributed by atoms with E-state index in [9.17, 15) is 18.0 Å². The highest BCUT2D eigenvalue weighted by Crippen LogP contribution is 2.34. The molecule has 3 nitrogen and oxygen atoms in total. The lowest BCUT2D eigenvalue weighted by atomic mass is 10.1. The number of carbonyl (C=O) groups excluding carboxylic acids is 1. The molecule has 134 valence electrons. The van der Waals surface area contributed by atoms with Gasteiger partial charge < -0.3 is 10.6 Å². The van der Waals surface area contributed by atoms with Crippen LogP contribution in [0.15, 0.2) is 42.5 Å². The maximum Gasteiger partial charge on any atom is 0.418 e. The summed E-state index contributed by atoms with van der Waals surface area (Å²) >= 11 is 12.0. The lowest BCUT2D eigenvalue weighted by molar-refractivity contribution is -0.682. The molecule has 0 aliphatic rings. The molecule has 0 bridgehead atoms. The van der Waals surface area contributed by atoms with Gasteiger partial charge in [0.1, 0.15) is 6.04 Å². The summed E-state index contributed by atoms with van der Waals surface area (Å²) in [5, 5.41) is 4.96. The van der Waals surface area contributed by atoms with Crippen molar-refractivity contribution in [2.24, 2.45) is 0 Å². The molecule has 0 fully saturated rings. The van der Waals surface area contributed by atoms with Crippen molar-refractivity contribution >= 4 is 34.8 Å². The molecule has 1 amide bonds. The van der Waals surface area contributed by atoms with Crippen molar-refractivity contribution in [1.82, 2.24) is 0 Å². The number of para-hydroxylation sites is 1. The van der Waals surface area contributed by atoms with Crippen molar-refractivity contribution < 1.29 is 23.3 Å². The minimum atomic E-state index is -4.53. The van der Waals surface area contributed by atoms with Gasteiger partial charge in [-0.3, -0.25) is 4.79 Å². The van der Waals surface area contributed by atoms with E-state index in [4.69, 9.17) is 23.2 Å². The first-order chi connectivity index (χ1) is 11.7. The molecule has 1 atom stereocenters. The number of nitrogens with two attached hydrogens (primary N) is 1. The van der Waals surface area contributed by atoms with Crippen LogP contribution in [0.25, 0.3) is 0 Å². The average Bonchev–Trinajstić information content (AvgIpc) is 2.52. The fraction of sp³-hybridized carbons (Fsp3) is 0.235. The van der Waals surface area contributed by atoms with Gasteiger partial charge in [-0.25, -0.2) is 0 Å². The third-order valence-corrected chi connectivity index (χ3v) is 4.18. The summed E-state index contributed by atoms with van der Waals surface area (Å²) in [5.74, 6) is -0.534. The third-order valence-electron chi connectivity index (χ3n) is 3.62. The number of rotatable bonds is 5. The lowest BCUT2D eigenvalue weighted by Gasteiger charge is -2.15. The molecule has 0 aliphatic carbocycles. The molecule has 0 aliphatic heterocycles. The number of hydrogen-bond donors (Lipinski definition) is 2. The second-order valence-corrected chi connectivity index (χ2v) is 6.33. The monoisotopic (exact) mass is 391 g/mol. The van der Waals surface area contributed by atoms with E-state index >= 15 is 0 Å². The zero-order valence-electron chi connectivity index (χ0n) is 13.2. The number of anilines is 1. The molecule has 8 heteroatoms. The molecule has 0 aromatic heterocycles. The standard InChI is InChI=1S/C17H15Cl2F3N2O/c1-10(12-7-6-11(18)8-14(12)19)23-9-16(25)24-15-5-3-2-4-13(15)17(20,21)22/h2-8,10,23H,9H2,1H3,(H,24,25)/p+1/t10-/m1/s1. The molecule has 0 spiro atoms. The highest BCUT2D eigenvalue weighted by Gasteiger charge is 2.33. The molecule has 0 heterocycles. The summed E-state index contributed by atoms with van der Waals surface area (Å²) in [7, 11) is 0. The highest BCUT2D eigenvalue weighted by molar-refractivity contribution is 6.35. The van der Waals surface area contributed by atoms with E-state index < -0.39 is 17.6 Å². The Morgan fingerprint density at radius 1 is 1.20 bits per heavy atom. The Kier molecular flexibility index (Phi) is 6.32. The topological polar surface area (TPSA) is 45.7 Å². The van der Waals surface area contributed by atoms with Gasteiger partial charge in [-0.05, 0) is 31.2 Å². The second kappa shape index (κ2) is 8.08. The summed E-state index contributed by atoms with van der Waals surface area (Å²) in [4.78, 5) is 12.0. The van der Waals surface area contributed by atoms with Crippen molar-refractivity contribution in [3.8, 4) is 0 Å². The SMILES string of the molecule is C[C@@H]([NH2+]CC(=O)Nc1ccccc1C(F)(F)F)c1ccc(Cl)cc1Cl. The number of hydrogen-bond acceptors (Lipinski definition) is 1. The van der Waals surface area contributed by atoms with E-state index in [1.807, 2.05) is 6.92 Å². The number of carbonyl (C=O) groups is 1. The van der Waals surface area contributed by atoms with Crippen LogP contribution in [0.3, 0.4) is 0 Å². The van der Waals surface area contributed by atoms with Gasteiger partial charge in [0, 0.05) is 10.6 Å². The van der Waals surface area contributed by atoms with Crippen LogP contribution in [0.1, 0.15) is 24.1 Å². The summed E-state index contributed by atoms with van der Waals surface area (Å²) in [6, 6.07) is 9.74. The van der Waals surface area contributed by atoms with Gasteiger partial charge in [0.15, 0.2) is 6.54 Å². The van der Waals surface area contributed by atoms with Crippen molar-refractivity contribution in [2.45, 2.75) is 19.1 Å². The largest absolute Gasteiger partial charge is 0.418 e.